The lowest BCUT2D eigenvalue weighted by Crippen LogP contribution is -2.44. The van der Waals surface area contributed by atoms with Crippen LogP contribution in [-0.4, -0.2) is 58.3 Å². The Morgan fingerprint density at radius 2 is 1.62 bits per heavy atom. The van der Waals surface area contributed by atoms with Gasteiger partial charge in [0.15, 0.2) is 11.5 Å². The third-order valence-electron chi connectivity index (χ3n) is 5.38. The quantitative estimate of drug-likeness (QED) is 0.912. The summed E-state index contributed by atoms with van der Waals surface area (Å²) < 4.78 is 16.0. The molecule has 0 aliphatic carbocycles. The van der Waals surface area contributed by atoms with Gasteiger partial charge in [-0.3, -0.25) is 4.79 Å². The Morgan fingerprint density at radius 3 is 2.17 bits per heavy atom. The summed E-state index contributed by atoms with van der Waals surface area (Å²) in [5.74, 6) is 1.60. The Balaban J connectivity index is 1.79. The molecule has 2 saturated heterocycles. The fourth-order valence-corrected chi connectivity index (χ4v) is 3.77. The van der Waals surface area contributed by atoms with Crippen molar-refractivity contribution >= 4 is 5.91 Å². The van der Waals surface area contributed by atoms with Crippen LogP contribution in [0, 0.1) is 5.41 Å². The maximum Gasteiger partial charge on any atom is 0.257 e. The molecule has 0 saturated carbocycles. The number of methoxy groups -OCH3 is 3. The van der Waals surface area contributed by atoms with Crippen LogP contribution in [0.5, 0.6) is 17.2 Å². The minimum Gasteiger partial charge on any atom is -0.496 e. The van der Waals surface area contributed by atoms with E-state index in [2.05, 4.69) is 5.32 Å². The standard InChI is InChI=1S/C18H26N2O4/c1-22-14-11-16(24-3)15(23-2)10-13(14)17(21)20-8-5-18(6-9-20)4-7-19-12-18/h10-11,19H,4-9,12H2,1-3H3. The topological polar surface area (TPSA) is 60.0 Å². The maximum absolute atomic E-state index is 13.0. The first-order valence-electron chi connectivity index (χ1n) is 8.42. The lowest BCUT2D eigenvalue weighted by Gasteiger charge is -2.39. The number of nitrogens with one attached hydrogen (secondary N) is 1. The summed E-state index contributed by atoms with van der Waals surface area (Å²) in [4.78, 5) is 14.9. The minimum absolute atomic E-state index is 0.00592. The molecule has 6 nitrogen and oxygen atoms in total. The summed E-state index contributed by atoms with van der Waals surface area (Å²) in [6.07, 6.45) is 3.33. The van der Waals surface area contributed by atoms with Crippen molar-refractivity contribution < 1.29 is 19.0 Å². The van der Waals surface area contributed by atoms with Crippen molar-refractivity contribution in [3.05, 3.63) is 17.7 Å². The molecule has 1 N–H and O–H groups in total. The van der Waals surface area contributed by atoms with Crippen LogP contribution in [-0.2, 0) is 0 Å². The van der Waals surface area contributed by atoms with E-state index in [9.17, 15) is 4.79 Å². The van der Waals surface area contributed by atoms with Gasteiger partial charge in [0.05, 0.1) is 26.9 Å². The van der Waals surface area contributed by atoms with Gasteiger partial charge in [-0.2, -0.15) is 0 Å². The predicted molar refractivity (Wildman–Crippen MR) is 91.2 cm³/mol. The summed E-state index contributed by atoms with van der Waals surface area (Å²) in [6, 6.07) is 3.42. The van der Waals surface area contributed by atoms with E-state index in [1.54, 1.807) is 33.5 Å². The molecule has 1 spiro atoms. The number of amides is 1. The molecular weight excluding hydrogens is 308 g/mol. The van der Waals surface area contributed by atoms with Crippen LogP contribution >= 0.6 is 0 Å². The molecule has 6 heteroatoms. The number of likely N-dealkylation sites (tertiary alicyclic amines) is 1. The Hall–Kier alpha value is -1.95. The lowest BCUT2D eigenvalue weighted by molar-refractivity contribution is 0.0604. The molecule has 0 radical (unpaired) electrons. The fourth-order valence-electron chi connectivity index (χ4n) is 3.77. The Bertz CT molecular complexity index is 601. The second-order valence-corrected chi connectivity index (χ2v) is 6.63. The Morgan fingerprint density at radius 1 is 1.00 bits per heavy atom. The number of benzene rings is 1. The number of carbonyl (C=O) groups excluding carboxylic acids is 1. The largest absolute Gasteiger partial charge is 0.496 e. The van der Waals surface area contributed by atoms with Gasteiger partial charge in [0.1, 0.15) is 5.75 Å². The van der Waals surface area contributed by atoms with Gasteiger partial charge >= 0.3 is 0 Å². The molecule has 0 unspecified atom stereocenters. The highest BCUT2D eigenvalue weighted by molar-refractivity contribution is 5.98. The fraction of sp³-hybridized carbons (Fsp3) is 0.611. The number of hydrogen-bond donors (Lipinski definition) is 1. The molecule has 2 aliphatic heterocycles. The Labute approximate surface area is 143 Å². The van der Waals surface area contributed by atoms with Gasteiger partial charge in [-0.15, -0.1) is 0 Å². The molecule has 2 heterocycles. The summed E-state index contributed by atoms with van der Waals surface area (Å²) in [5.41, 5.74) is 0.911. The number of ether oxygens (including phenoxy) is 3. The second kappa shape index (κ2) is 6.89. The number of piperidine rings is 1. The highest BCUT2D eigenvalue weighted by Crippen LogP contribution is 2.39. The van der Waals surface area contributed by atoms with Crippen molar-refractivity contribution in [3.63, 3.8) is 0 Å². The van der Waals surface area contributed by atoms with Crippen LogP contribution in [0.4, 0.5) is 0 Å². The lowest BCUT2D eigenvalue weighted by atomic mass is 9.78. The first kappa shape index (κ1) is 16.9. The van der Waals surface area contributed by atoms with Gasteiger partial charge in [-0.25, -0.2) is 0 Å². The molecule has 24 heavy (non-hydrogen) atoms. The Kier molecular flexibility index (Phi) is 4.85. The van der Waals surface area contributed by atoms with E-state index in [0.29, 0.717) is 28.2 Å². The third kappa shape index (κ3) is 3.02. The molecule has 1 aromatic carbocycles. The molecule has 1 amide bonds. The minimum atomic E-state index is -0.00592. The number of carbonyl (C=O) groups is 1. The average molecular weight is 334 g/mol. The summed E-state index contributed by atoms with van der Waals surface area (Å²) in [5, 5.41) is 3.45. The van der Waals surface area contributed by atoms with Crippen LogP contribution in [0.25, 0.3) is 0 Å². The zero-order valence-corrected chi connectivity index (χ0v) is 14.7. The molecule has 3 rings (SSSR count). The van der Waals surface area contributed by atoms with Crippen LogP contribution < -0.4 is 19.5 Å². The predicted octanol–water partition coefficient (Wildman–Crippen LogP) is 1.93. The first-order chi connectivity index (χ1) is 11.6. The molecule has 0 bridgehead atoms. The third-order valence-corrected chi connectivity index (χ3v) is 5.38. The molecule has 1 aromatic rings. The van der Waals surface area contributed by atoms with Crippen LogP contribution in [0.3, 0.4) is 0 Å². The van der Waals surface area contributed by atoms with E-state index < -0.39 is 0 Å². The highest BCUT2D eigenvalue weighted by Gasteiger charge is 2.38. The van der Waals surface area contributed by atoms with Crippen molar-refractivity contribution in [2.75, 3.05) is 47.5 Å². The van der Waals surface area contributed by atoms with Gasteiger partial charge in [0.25, 0.3) is 5.91 Å². The molecule has 0 aromatic heterocycles. The zero-order chi connectivity index (χ0) is 17.2. The van der Waals surface area contributed by atoms with E-state index in [0.717, 1.165) is 39.0 Å². The number of nitrogens with zero attached hydrogens (tertiary/aromatic N) is 1. The van der Waals surface area contributed by atoms with Gasteiger partial charge in [-0.05, 0) is 31.2 Å². The first-order valence-corrected chi connectivity index (χ1v) is 8.42. The average Bonchev–Trinajstić information content (AvgIpc) is 3.08. The van der Waals surface area contributed by atoms with Crippen molar-refractivity contribution in [3.8, 4) is 17.2 Å². The van der Waals surface area contributed by atoms with Gasteiger partial charge in [-0.1, -0.05) is 0 Å². The van der Waals surface area contributed by atoms with Gasteiger partial charge in [0.2, 0.25) is 0 Å². The zero-order valence-electron chi connectivity index (χ0n) is 14.7. The maximum atomic E-state index is 13.0. The molecule has 2 aliphatic rings. The van der Waals surface area contributed by atoms with Crippen molar-refractivity contribution in [1.82, 2.24) is 10.2 Å². The normalized spacial score (nSPS) is 19.4. The molecular formula is C18H26N2O4. The number of rotatable bonds is 4. The van der Waals surface area contributed by atoms with Crippen LogP contribution in [0.1, 0.15) is 29.6 Å². The second-order valence-electron chi connectivity index (χ2n) is 6.63. The SMILES string of the molecule is COc1cc(OC)c(C(=O)N2CCC3(CCNC3)CC2)cc1OC. The van der Waals surface area contributed by atoms with E-state index in [-0.39, 0.29) is 5.91 Å². The monoisotopic (exact) mass is 334 g/mol. The van der Waals surface area contributed by atoms with Crippen molar-refractivity contribution in [2.45, 2.75) is 19.3 Å². The van der Waals surface area contributed by atoms with Crippen LogP contribution in [0.15, 0.2) is 12.1 Å². The van der Waals surface area contributed by atoms with Crippen molar-refractivity contribution in [1.29, 1.82) is 0 Å². The van der Waals surface area contributed by atoms with Gasteiger partial charge in [0, 0.05) is 31.8 Å². The van der Waals surface area contributed by atoms with Crippen LogP contribution in [0.2, 0.25) is 0 Å². The number of hydrogen-bond acceptors (Lipinski definition) is 5. The summed E-state index contributed by atoms with van der Waals surface area (Å²) >= 11 is 0. The van der Waals surface area contributed by atoms with E-state index >= 15 is 0 Å². The molecule has 2 fully saturated rings. The van der Waals surface area contributed by atoms with Gasteiger partial charge < -0.3 is 24.4 Å². The van der Waals surface area contributed by atoms with E-state index in [4.69, 9.17) is 14.2 Å². The summed E-state index contributed by atoms with van der Waals surface area (Å²) in [6.45, 7) is 3.75. The van der Waals surface area contributed by atoms with Crippen molar-refractivity contribution in [2.24, 2.45) is 5.41 Å². The van der Waals surface area contributed by atoms with E-state index in [1.165, 1.54) is 6.42 Å². The summed E-state index contributed by atoms with van der Waals surface area (Å²) in [7, 11) is 4.70. The molecule has 132 valence electrons. The van der Waals surface area contributed by atoms with E-state index in [1.807, 2.05) is 4.90 Å². The molecule has 0 atom stereocenters. The smallest absolute Gasteiger partial charge is 0.257 e. The highest BCUT2D eigenvalue weighted by atomic mass is 16.5.